The van der Waals surface area contributed by atoms with Gasteiger partial charge >= 0.3 is 12.0 Å². The Balaban J connectivity index is 2.09. The Morgan fingerprint density at radius 2 is 2.19 bits per heavy atom. The highest BCUT2D eigenvalue weighted by atomic mass is 16.6. The van der Waals surface area contributed by atoms with Gasteiger partial charge in [-0.25, -0.2) is 9.59 Å². The molecule has 26 heavy (non-hydrogen) atoms. The number of anilines is 1. The third kappa shape index (κ3) is 4.66. The number of methoxy groups -OCH3 is 1. The molecule has 1 aromatic carbocycles. The van der Waals surface area contributed by atoms with Crippen molar-refractivity contribution in [2.45, 2.75) is 0 Å². The predicted octanol–water partition coefficient (Wildman–Crippen LogP) is 0.362. The molecule has 0 unspecified atom stereocenters. The minimum absolute atomic E-state index is 0.0889. The fraction of sp³-hybridized carbons (Fsp3) is 0.400. The van der Waals surface area contributed by atoms with Crippen molar-refractivity contribution in [3.63, 3.8) is 0 Å². The van der Waals surface area contributed by atoms with Gasteiger partial charge in [-0.3, -0.25) is 19.8 Å². The van der Waals surface area contributed by atoms with E-state index in [1.807, 2.05) is 0 Å². The average molecular weight is 366 g/mol. The largest absolute Gasteiger partial charge is 0.452 e. The van der Waals surface area contributed by atoms with Crippen molar-refractivity contribution < 1.29 is 28.8 Å². The third-order valence-corrected chi connectivity index (χ3v) is 3.54. The van der Waals surface area contributed by atoms with Crippen LogP contribution in [0.4, 0.5) is 16.2 Å². The molecule has 1 heterocycles. The number of urea groups is 1. The van der Waals surface area contributed by atoms with E-state index in [0.717, 1.165) is 11.0 Å². The van der Waals surface area contributed by atoms with Crippen LogP contribution < -0.4 is 10.6 Å². The number of nitrogens with zero attached hydrogens (tertiary/aromatic N) is 2. The van der Waals surface area contributed by atoms with Crippen LogP contribution in [0.2, 0.25) is 0 Å². The lowest BCUT2D eigenvalue weighted by molar-refractivity contribution is -0.384. The minimum Gasteiger partial charge on any atom is -0.452 e. The normalized spacial score (nSPS) is 13.3. The Hall–Kier alpha value is -3.21. The summed E-state index contributed by atoms with van der Waals surface area (Å²) in [7, 11) is 1.51. The van der Waals surface area contributed by atoms with Gasteiger partial charge in [-0.05, 0) is 6.07 Å². The van der Waals surface area contributed by atoms with Gasteiger partial charge in [-0.1, -0.05) is 0 Å². The fourth-order valence-corrected chi connectivity index (χ4v) is 2.25. The van der Waals surface area contributed by atoms with Gasteiger partial charge in [0.05, 0.1) is 17.1 Å². The number of benzene rings is 1. The topological polar surface area (TPSA) is 140 Å². The van der Waals surface area contributed by atoms with Crippen molar-refractivity contribution in [3.05, 3.63) is 33.9 Å². The molecule has 0 saturated carbocycles. The molecule has 0 atom stereocenters. The van der Waals surface area contributed by atoms with Crippen LogP contribution in [-0.4, -0.2) is 67.7 Å². The molecule has 1 fully saturated rings. The monoisotopic (exact) mass is 366 g/mol. The number of rotatable bonds is 8. The maximum absolute atomic E-state index is 12.3. The van der Waals surface area contributed by atoms with Crippen molar-refractivity contribution in [1.82, 2.24) is 10.2 Å². The Morgan fingerprint density at radius 1 is 1.42 bits per heavy atom. The van der Waals surface area contributed by atoms with Gasteiger partial charge in [-0.15, -0.1) is 0 Å². The molecule has 1 aliphatic rings. The molecule has 1 aliphatic heterocycles. The zero-order valence-corrected chi connectivity index (χ0v) is 14.0. The van der Waals surface area contributed by atoms with Gasteiger partial charge < -0.3 is 20.1 Å². The van der Waals surface area contributed by atoms with E-state index < -0.39 is 29.4 Å². The smallest absolute Gasteiger partial charge is 0.341 e. The Kier molecular flexibility index (Phi) is 6.44. The minimum atomic E-state index is -0.915. The van der Waals surface area contributed by atoms with E-state index in [-0.39, 0.29) is 17.8 Å². The highest BCUT2D eigenvalue weighted by Crippen LogP contribution is 2.23. The van der Waals surface area contributed by atoms with Crippen LogP contribution in [-0.2, 0) is 14.3 Å². The van der Waals surface area contributed by atoms with Crippen molar-refractivity contribution in [2.75, 3.05) is 45.3 Å². The lowest BCUT2D eigenvalue weighted by Crippen LogP contribution is -2.37. The van der Waals surface area contributed by atoms with Gasteiger partial charge in [0.25, 0.3) is 11.6 Å². The number of nitrogens with one attached hydrogen (secondary N) is 2. The van der Waals surface area contributed by atoms with E-state index in [2.05, 4.69) is 10.6 Å². The van der Waals surface area contributed by atoms with Crippen molar-refractivity contribution in [1.29, 1.82) is 0 Å². The van der Waals surface area contributed by atoms with Crippen LogP contribution in [0.3, 0.4) is 0 Å². The number of carbonyl (C=O) groups is 3. The number of nitro benzene ring substituents is 1. The quantitative estimate of drug-likeness (QED) is 0.291. The summed E-state index contributed by atoms with van der Waals surface area (Å²) in [6, 6.07) is 3.12. The van der Waals surface area contributed by atoms with Gasteiger partial charge in [0.15, 0.2) is 6.61 Å². The SMILES string of the molecule is COCCNc1ccc([N+](=O)[O-])cc1C(=O)OCC(=O)N1CCNC1=O. The molecule has 11 heteroatoms. The molecule has 1 aromatic rings. The highest BCUT2D eigenvalue weighted by molar-refractivity contribution is 6.00. The summed E-state index contributed by atoms with van der Waals surface area (Å²) in [4.78, 5) is 46.8. The number of imide groups is 1. The molecule has 2 rings (SSSR count). The first kappa shape index (κ1) is 19.1. The van der Waals surface area contributed by atoms with Gasteiger partial charge in [0.2, 0.25) is 0 Å². The first-order valence-electron chi connectivity index (χ1n) is 7.70. The summed E-state index contributed by atoms with van der Waals surface area (Å²) in [6.45, 7) is 0.592. The standard InChI is InChI=1S/C15H18N4O7/c1-25-7-5-16-12-3-2-10(19(23)24)8-11(12)14(21)26-9-13(20)18-6-4-17-15(18)22/h2-3,8,16H,4-7,9H2,1H3,(H,17,22). The lowest BCUT2D eigenvalue weighted by Gasteiger charge is -2.14. The fourth-order valence-electron chi connectivity index (χ4n) is 2.25. The van der Waals surface area contributed by atoms with Crippen LogP contribution >= 0.6 is 0 Å². The van der Waals surface area contributed by atoms with E-state index in [4.69, 9.17) is 9.47 Å². The molecule has 0 aliphatic carbocycles. The number of ether oxygens (including phenoxy) is 2. The number of nitro groups is 1. The molecule has 0 aromatic heterocycles. The number of non-ortho nitro benzene ring substituents is 1. The average Bonchev–Trinajstić information content (AvgIpc) is 3.05. The zero-order chi connectivity index (χ0) is 19.1. The molecule has 0 bridgehead atoms. The molecule has 1 saturated heterocycles. The predicted molar refractivity (Wildman–Crippen MR) is 88.9 cm³/mol. The second kappa shape index (κ2) is 8.76. The molecule has 140 valence electrons. The van der Waals surface area contributed by atoms with E-state index in [0.29, 0.717) is 25.4 Å². The summed E-state index contributed by atoms with van der Waals surface area (Å²) in [5.74, 6) is -1.59. The Labute approximate surface area is 148 Å². The van der Waals surface area contributed by atoms with Crippen molar-refractivity contribution >= 4 is 29.3 Å². The Morgan fingerprint density at radius 3 is 2.81 bits per heavy atom. The maximum Gasteiger partial charge on any atom is 0.341 e. The van der Waals surface area contributed by atoms with Crippen molar-refractivity contribution in [2.24, 2.45) is 0 Å². The number of amides is 3. The van der Waals surface area contributed by atoms with Crippen LogP contribution in [0.5, 0.6) is 0 Å². The first-order chi connectivity index (χ1) is 12.4. The molecule has 0 radical (unpaired) electrons. The molecule has 0 spiro atoms. The second-order valence-corrected chi connectivity index (χ2v) is 5.26. The first-order valence-corrected chi connectivity index (χ1v) is 7.70. The summed E-state index contributed by atoms with van der Waals surface area (Å²) in [5.41, 5.74) is -0.0718. The van der Waals surface area contributed by atoms with Crippen LogP contribution in [0.25, 0.3) is 0 Å². The van der Waals surface area contributed by atoms with E-state index >= 15 is 0 Å². The van der Waals surface area contributed by atoms with Crippen molar-refractivity contribution in [3.8, 4) is 0 Å². The van der Waals surface area contributed by atoms with Crippen LogP contribution in [0.1, 0.15) is 10.4 Å². The molecule has 3 amide bonds. The number of hydrogen-bond donors (Lipinski definition) is 2. The molecular formula is C15H18N4O7. The van der Waals surface area contributed by atoms with E-state index in [1.165, 1.54) is 19.2 Å². The maximum atomic E-state index is 12.3. The van der Waals surface area contributed by atoms with Crippen LogP contribution in [0.15, 0.2) is 18.2 Å². The van der Waals surface area contributed by atoms with Gasteiger partial charge in [0, 0.05) is 44.6 Å². The number of hydrogen-bond acceptors (Lipinski definition) is 8. The summed E-state index contributed by atoms with van der Waals surface area (Å²) >= 11 is 0. The van der Waals surface area contributed by atoms with E-state index in [9.17, 15) is 24.5 Å². The molecular weight excluding hydrogens is 348 g/mol. The van der Waals surface area contributed by atoms with Crippen LogP contribution in [0, 0.1) is 10.1 Å². The van der Waals surface area contributed by atoms with Gasteiger partial charge in [-0.2, -0.15) is 0 Å². The second-order valence-electron chi connectivity index (χ2n) is 5.26. The summed E-state index contributed by atoms with van der Waals surface area (Å²) < 4.78 is 9.83. The number of esters is 1. The number of carbonyl (C=O) groups excluding carboxylic acids is 3. The molecule has 11 nitrogen and oxygen atoms in total. The highest BCUT2D eigenvalue weighted by Gasteiger charge is 2.27. The Bertz CT molecular complexity index is 722. The summed E-state index contributed by atoms with van der Waals surface area (Å²) in [6.07, 6.45) is 0. The lowest BCUT2D eigenvalue weighted by atomic mass is 10.1. The zero-order valence-electron chi connectivity index (χ0n) is 14.0. The molecule has 2 N–H and O–H groups in total. The summed E-state index contributed by atoms with van der Waals surface area (Å²) in [5, 5.41) is 16.3. The van der Waals surface area contributed by atoms with E-state index in [1.54, 1.807) is 0 Å². The van der Waals surface area contributed by atoms with Gasteiger partial charge in [0.1, 0.15) is 0 Å². The third-order valence-electron chi connectivity index (χ3n) is 3.54.